The van der Waals surface area contributed by atoms with Crippen LogP contribution in [0, 0.1) is 11.3 Å². The van der Waals surface area contributed by atoms with Crippen LogP contribution in [0.2, 0.25) is 0 Å². The molecule has 0 spiro atoms. The first-order valence-corrected chi connectivity index (χ1v) is 8.29. The molecule has 0 fully saturated rings. The molecular weight excluding hydrogens is 314 g/mol. The molecule has 0 heterocycles. The summed E-state index contributed by atoms with van der Waals surface area (Å²) >= 11 is 0. The zero-order valence-corrected chi connectivity index (χ0v) is 14.2. The van der Waals surface area contributed by atoms with Gasteiger partial charge in [0.2, 0.25) is 0 Å². The Morgan fingerprint density at radius 1 is 1.12 bits per heavy atom. The number of carbonyl (C=O) groups is 1. The van der Waals surface area contributed by atoms with E-state index in [-0.39, 0.29) is 5.57 Å². The summed E-state index contributed by atoms with van der Waals surface area (Å²) in [6.07, 6.45) is 2.36. The van der Waals surface area contributed by atoms with E-state index in [0.29, 0.717) is 18.6 Å². The van der Waals surface area contributed by atoms with Crippen molar-refractivity contribution in [2.24, 2.45) is 0 Å². The summed E-state index contributed by atoms with van der Waals surface area (Å²) in [7, 11) is 0. The van der Waals surface area contributed by atoms with E-state index in [9.17, 15) is 4.79 Å². The average molecular weight is 335 g/mol. The molecule has 0 bridgehead atoms. The quantitative estimate of drug-likeness (QED) is 0.439. The number of benzene rings is 2. The molecule has 4 heteroatoms. The Morgan fingerprint density at radius 3 is 2.36 bits per heavy atom. The second-order valence-electron chi connectivity index (χ2n) is 5.59. The first-order chi connectivity index (χ1) is 12.2. The maximum atomic E-state index is 11.2. The topological polar surface area (TPSA) is 70.3 Å². The van der Waals surface area contributed by atoms with Gasteiger partial charge in [-0.25, -0.2) is 4.79 Å². The zero-order chi connectivity index (χ0) is 18.1. The van der Waals surface area contributed by atoms with Crippen molar-refractivity contribution in [2.45, 2.75) is 26.2 Å². The molecule has 0 amide bonds. The van der Waals surface area contributed by atoms with Crippen LogP contribution in [0.25, 0.3) is 5.57 Å². The van der Waals surface area contributed by atoms with Gasteiger partial charge in [-0.3, -0.25) is 0 Å². The van der Waals surface area contributed by atoms with E-state index in [2.05, 4.69) is 12.1 Å². The fourth-order valence-electron chi connectivity index (χ4n) is 2.63. The second kappa shape index (κ2) is 9.29. The normalized spacial score (nSPS) is 11.4. The average Bonchev–Trinajstić information content (AvgIpc) is 2.64. The van der Waals surface area contributed by atoms with Crippen LogP contribution in [0.15, 0.2) is 60.2 Å². The van der Waals surface area contributed by atoms with Gasteiger partial charge in [0.1, 0.15) is 17.4 Å². The lowest BCUT2D eigenvalue weighted by Crippen LogP contribution is -2.02. The molecule has 128 valence electrons. The monoisotopic (exact) mass is 335 g/mol. The van der Waals surface area contributed by atoms with E-state index >= 15 is 0 Å². The Labute approximate surface area is 148 Å². The molecule has 0 aliphatic heterocycles. The van der Waals surface area contributed by atoms with E-state index in [0.717, 1.165) is 24.2 Å². The number of nitrogens with zero attached hydrogens (tertiary/aromatic N) is 1. The lowest BCUT2D eigenvalue weighted by molar-refractivity contribution is -0.132. The predicted octanol–water partition coefficient (Wildman–Crippen LogP) is 4.47. The molecule has 0 unspecified atom stereocenters. The Hall–Kier alpha value is -3.06. The minimum absolute atomic E-state index is 0.209. The van der Waals surface area contributed by atoms with Crippen molar-refractivity contribution in [1.29, 1.82) is 5.26 Å². The number of nitriles is 1. The highest BCUT2D eigenvalue weighted by molar-refractivity contribution is 6.00. The summed E-state index contributed by atoms with van der Waals surface area (Å²) in [6, 6.07) is 19.2. The van der Waals surface area contributed by atoms with Crippen molar-refractivity contribution in [2.75, 3.05) is 6.61 Å². The standard InChI is InChI=1S/C21H21NO3/c1-2-19(20(15-22)21(23)24)17-10-12-18(13-11-17)25-14-6-9-16-7-4-3-5-8-16/h3-5,7-8,10-13H,2,6,9,14H2,1H3,(H,23,24). The number of hydrogen-bond acceptors (Lipinski definition) is 3. The molecular formula is C21H21NO3. The van der Waals surface area contributed by atoms with Crippen LogP contribution < -0.4 is 4.74 Å². The molecule has 0 aromatic heterocycles. The summed E-state index contributed by atoms with van der Waals surface area (Å²) in [6.45, 7) is 2.45. The highest BCUT2D eigenvalue weighted by Gasteiger charge is 2.14. The van der Waals surface area contributed by atoms with Crippen LogP contribution in [0.3, 0.4) is 0 Å². The van der Waals surface area contributed by atoms with Gasteiger partial charge in [0.15, 0.2) is 0 Å². The minimum Gasteiger partial charge on any atom is -0.494 e. The first-order valence-electron chi connectivity index (χ1n) is 8.29. The third kappa shape index (κ3) is 5.22. The van der Waals surface area contributed by atoms with Gasteiger partial charge in [-0.15, -0.1) is 0 Å². The molecule has 0 saturated heterocycles. The molecule has 1 N–H and O–H groups in total. The molecule has 0 radical (unpaired) electrons. The molecule has 2 rings (SSSR count). The van der Waals surface area contributed by atoms with Gasteiger partial charge < -0.3 is 9.84 Å². The fraction of sp³-hybridized carbons (Fsp3) is 0.238. The summed E-state index contributed by atoms with van der Waals surface area (Å²) in [5.41, 5.74) is 2.35. The molecule has 0 aliphatic carbocycles. The second-order valence-corrected chi connectivity index (χ2v) is 5.59. The number of carboxylic acids is 1. The fourth-order valence-corrected chi connectivity index (χ4v) is 2.63. The third-order valence-corrected chi connectivity index (χ3v) is 3.91. The highest BCUT2D eigenvalue weighted by Crippen LogP contribution is 2.24. The van der Waals surface area contributed by atoms with Crippen molar-refractivity contribution in [3.05, 3.63) is 71.3 Å². The van der Waals surface area contributed by atoms with Crippen LogP contribution in [0.4, 0.5) is 0 Å². The number of aryl methyl sites for hydroxylation is 1. The highest BCUT2D eigenvalue weighted by atomic mass is 16.5. The van der Waals surface area contributed by atoms with Crippen LogP contribution in [-0.4, -0.2) is 17.7 Å². The van der Waals surface area contributed by atoms with Crippen LogP contribution >= 0.6 is 0 Å². The largest absolute Gasteiger partial charge is 0.494 e. The van der Waals surface area contributed by atoms with Crippen molar-refractivity contribution in [3.8, 4) is 11.8 Å². The van der Waals surface area contributed by atoms with Gasteiger partial charge in [-0.2, -0.15) is 5.26 Å². The summed E-state index contributed by atoms with van der Waals surface area (Å²) in [5, 5.41) is 18.2. The Kier molecular flexibility index (Phi) is 6.79. The molecule has 0 atom stereocenters. The summed E-state index contributed by atoms with van der Waals surface area (Å²) < 4.78 is 5.73. The van der Waals surface area contributed by atoms with E-state index in [1.807, 2.05) is 37.3 Å². The molecule has 2 aromatic rings. The van der Waals surface area contributed by atoms with Gasteiger partial charge in [-0.05, 0) is 48.1 Å². The first kappa shape index (κ1) is 18.3. The van der Waals surface area contributed by atoms with Crippen molar-refractivity contribution in [1.82, 2.24) is 0 Å². The molecule has 2 aromatic carbocycles. The Bertz CT molecular complexity index is 771. The molecule has 0 aliphatic rings. The van der Waals surface area contributed by atoms with Gasteiger partial charge >= 0.3 is 5.97 Å². The van der Waals surface area contributed by atoms with Gasteiger partial charge in [-0.1, -0.05) is 49.4 Å². The Balaban J connectivity index is 1.95. The van der Waals surface area contributed by atoms with E-state index < -0.39 is 5.97 Å². The van der Waals surface area contributed by atoms with Gasteiger partial charge in [0, 0.05) is 0 Å². The number of carboxylic acid groups (broad SMARTS) is 1. The number of hydrogen-bond donors (Lipinski definition) is 1. The number of ether oxygens (including phenoxy) is 1. The van der Waals surface area contributed by atoms with Crippen LogP contribution in [-0.2, 0) is 11.2 Å². The number of allylic oxidation sites excluding steroid dienone is 1. The van der Waals surface area contributed by atoms with Crippen molar-refractivity contribution < 1.29 is 14.6 Å². The molecule has 25 heavy (non-hydrogen) atoms. The smallest absolute Gasteiger partial charge is 0.346 e. The lowest BCUT2D eigenvalue weighted by Gasteiger charge is -2.09. The van der Waals surface area contributed by atoms with Crippen molar-refractivity contribution in [3.63, 3.8) is 0 Å². The van der Waals surface area contributed by atoms with Crippen LogP contribution in [0.1, 0.15) is 30.9 Å². The lowest BCUT2D eigenvalue weighted by atomic mass is 9.98. The van der Waals surface area contributed by atoms with E-state index in [1.165, 1.54) is 5.56 Å². The van der Waals surface area contributed by atoms with Gasteiger partial charge in [0.05, 0.1) is 6.61 Å². The third-order valence-electron chi connectivity index (χ3n) is 3.91. The van der Waals surface area contributed by atoms with E-state index in [1.54, 1.807) is 18.2 Å². The predicted molar refractivity (Wildman–Crippen MR) is 97.2 cm³/mol. The Morgan fingerprint density at radius 2 is 1.80 bits per heavy atom. The van der Waals surface area contributed by atoms with Gasteiger partial charge in [0.25, 0.3) is 0 Å². The number of rotatable bonds is 8. The van der Waals surface area contributed by atoms with Crippen LogP contribution in [0.5, 0.6) is 5.75 Å². The number of aliphatic carboxylic acids is 1. The molecule has 0 saturated carbocycles. The SMILES string of the molecule is CCC(=C(C#N)C(=O)O)c1ccc(OCCCc2ccccc2)cc1. The zero-order valence-electron chi connectivity index (χ0n) is 14.2. The minimum atomic E-state index is -1.19. The van der Waals surface area contributed by atoms with Crippen molar-refractivity contribution >= 4 is 11.5 Å². The maximum absolute atomic E-state index is 11.2. The summed E-state index contributed by atoms with van der Waals surface area (Å²) in [5.74, 6) is -0.457. The maximum Gasteiger partial charge on any atom is 0.346 e. The molecule has 4 nitrogen and oxygen atoms in total. The van der Waals surface area contributed by atoms with E-state index in [4.69, 9.17) is 15.1 Å². The summed E-state index contributed by atoms with van der Waals surface area (Å²) in [4.78, 5) is 11.2.